The third-order valence-corrected chi connectivity index (χ3v) is 4.77. The zero-order valence-electron chi connectivity index (χ0n) is 12.6. The molecule has 0 saturated carbocycles. The molecule has 0 saturated heterocycles. The van der Waals surface area contributed by atoms with Crippen molar-refractivity contribution in [2.75, 3.05) is 6.54 Å². The lowest BCUT2D eigenvalue weighted by atomic mass is 10.0. The van der Waals surface area contributed by atoms with Crippen LogP contribution in [0.25, 0.3) is 10.9 Å². The monoisotopic (exact) mass is 314 g/mol. The second-order valence-corrected chi connectivity index (χ2v) is 6.32. The summed E-state index contributed by atoms with van der Waals surface area (Å²) in [7, 11) is 0. The van der Waals surface area contributed by atoms with Crippen LogP contribution in [-0.2, 0) is 26.1 Å². The van der Waals surface area contributed by atoms with Gasteiger partial charge in [-0.1, -0.05) is 23.7 Å². The Hall–Kier alpha value is -1.78. The fourth-order valence-corrected chi connectivity index (χ4v) is 3.53. The van der Waals surface area contributed by atoms with E-state index in [1.165, 1.54) is 22.2 Å². The summed E-state index contributed by atoms with van der Waals surface area (Å²) in [5, 5.41) is 6.43. The maximum absolute atomic E-state index is 6.31. The van der Waals surface area contributed by atoms with E-state index in [2.05, 4.69) is 34.2 Å². The fraction of sp³-hybridized carbons (Fsp3) is 0.353. The number of aryl methyl sites for hydroxylation is 1. The molecule has 0 fully saturated rings. The molecule has 1 aliphatic heterocycles. The summed E-state index contributed by atoms with van der Waals surface area (Å²) in [6, 6.07) is 6.14. The number of H-pyrrole nitrogens is 1. The summed E-state index contributed by atoms with van der Waals surface area (Å²) < 4.78 is 1.98. The van der Waals surface area contributed by atoms with Crippen LogP contribution >= 0.6 is 11.6 Å². The van der Waals surface area contributed by atoms with E-state index in [9.17, 15) is 0 Å². The molecule has 3 aromatic rings. The van der Waals surface area contributed by atoms with Gasteiger partial charge in [0.2, 0.25) is 0 Å². The molecule has 2 aromatic heterocycles. The maximum atomic E-state index is 6.31. The van der Waals surface area contributed by atoms with Gasteiger partial charge in [0.15, 0.2) is 0 Å². The first-order valence-corrected chi connectivity index (χ1v) is 8.14. The van der Waals surface area contributed by atoms with Crippen LogP contribution < -0.4 is 0 Å². The van der Waals surface area contributed by atoms with Crippen molar-refractivity contribution in [2.45, 2.75) is 33.0 Å². The lowest BCUT2D eigenvalue weighted by molar-refractivity contribution is 0.245. The van der Waals surface area contributed by atoms with Crippen molar-refractivity contribution in [3.8, 4) is 0 Å². The number of nitrogens with one attached hydrogen (secondary N) is 1. The molecular formula is C17H19ClN4. The fourth-order valence-electron chi connectivity index (χ4n) is 3.31. The highest BCUT2D eigenvalue weighted by Gasteiger charge is 2.21. The quantitative estimate of drug-likeness (QED) is 0.802. The molecule has 4 nitrogen and oxygen atoms in total. The Morgan fingerprint density at radius 1 is 1.36 bits per heavy atom. The summed E-state index contributed by atoms with van der Waals surface area (Å²) in [6.07, 6.45) is 5.16. The van der Waals surface area contributed by atoms with Crippen molar-refractivity contribution >= 4 is 22.5 Å². The lowest BCUT2D eigenvalue weighted by Crippen LogP contribution is -2.29. The molecule has 0 radical (unpaired) electrons. The number of hydrogen-bond acceptors (Lipinski definition) is 2. The molecule has 1 N–H and O–H groups in total. The van der Waals surface area contributed by atoms with Gasteiger partial charge in [0.25, 0.3) is 0 Å². The van der Waals surface area contributed by atoms with Crippen LogP contribution in [0.4, 0.5) is 0 Å². The van der Waals surface area contributed by atoms with Crippen molar-refractivity contribution in [2.24, 2.45) is 0 Å². The number of hydrogen-bond donors (Lipinski definition) is 1. The largest absolute Gasteiger partial charge is 0.357 e. The van der Waals surface area contributed by atoms with Crippen LogP contribution in [0.3, 0.4) is 0 Å². The number of benzene rings is 1. The highest BCUT2D eigenvalue weighted by Crippen LogP contribution is 2.31. The second kappa shape index (κ2) is 5.45. The summed E-state index contributed by atoms with van der Waals surface area (Å²) in [6.45, 7) is 6.01. The van der Waals surface area contributed by atoms with Gasteiger partial charge in [0.05, 0.1) is 16.7 Å². The smallest absolute Gasteiger partial charge is 0.0648 e. The average molecular weight is 315 g/mol. The molecule has 0 aliphatic carbocycles. The number of aromatic amines is 1. The van der Waals surface area contributed by atoms with E-state index in [1.807, 2.05) is 23.0 Å². The molecule has 1 aromatic carbocycles. The number of fused-ring (bicyclic) bond motifs is 3. The van der Waals surface area contributed by atoms with Gasteiger partial charge in [0, 0.05) is 55.4 Å². The molecular weight excluding hydrogens is 296 g/mol. The minimum absolute atomic E-state index is 0.808. The van der Waals surface area contributed by atoms with Crippen molar-refractivity contribution in [3.63, 3.8) is 0 Å². The van der Waals surface area contributed by atoms with Crippen LogP contribution in [0, 0.1) is 0 Å². The summed E-state index contributed by atoms with van der Waals surface area (Å²) in [4.78, 5) is 5.99. The van der Waals surface area contributed by atoms with Crippen LogP contribution in [0.2, 0.25) is 5.02 Å². The summed E-state index contributed by atoms with van der Waals surface area (Å²) >= 11 is 6.31. The van der Waals surface area contributed by atoms with E-state index in [1.54, 1.807) is 0 Å². The van der Waals surface area contributed by atoms with Gasteiger partial charge < -0.3 is 4.98 Å². The third-order valence-electron chi connectivity index (χ3n) is 4.46. The van der Waals surface area contributed by atoms with Crippen molar-refractivity contribution in [1.82, 2.24) is 19.7 Å². The topological polar surface area (TPSA) is 36.9 Å². The minimum Gasteiger partial charge on any atom is -0.357 e. The first kappa shape index (κ1) is 13.9. The third kappa shape index (κ3) is 2.32. The SMILES string of the molecule is CCn1cc(CN2CCc3[nH]c4c(Cl)cccc4c3C2)cn1. The Balaban J connectivity index is 1.60. The Labute approximate surface area is 134 Å². The first-order chi connectivity index (χ1) is 10.7. The molecule has 0 unspecified atom stereocenters. The second-order valence-electron chi connectivity index (χ2n) is 5.91. The van der Waals surface area contributed by atoms with Crippen molar-refractivity contribution < 1.29 is 0 Å². The Morgan fingerprint density at radius 2 is 2.27 bits per heavy atom. The minimum atomic E-state index is 0.808. The van der Waals surface area contributed by atoms with Crippen molar-refractivity contribution in [1.29, 1.82) is 0 Å². The first-order valence-electron chi connectivity index (χ1n) is 7.76. The van der Waals surface area contributed by atoms with E-state index < -0.39 is 0 Å². The van der Waals surface area contributed by atoms with E-state index in [-0.39, 0.29) is 0 Å². The number of nitrogens with zero attached hydrogens (tertiary/aromatic N) is 3. The van der Waals surface area contributed by atoms with Gasteiger partial charge in [-0.15, -0.1) is 0 Å². The molecule has 0 amide bonds. The molecule has 5 heteroatoms. The molecule has 3 heterocycles. The van der Waals surface area contributed by atoms with Gasteiger partial charge in [-0.25, -0.2) is 0 Å². The zero-order valence-corrected chi connectivity index (χ0v) is 13.4. The predicted octanol–water partition coefficient (Wildman–Crippen LogP) is 3.60. The Bertz CT molecular complexity index is 817. The van der Waals surface area contributed by atoms with E-state index in [4.69, 9.17) is 11.6 Å². The van der Waals surface area contributed by atoms with Crippen LogP contribution in [0.5, 0.6) is 0 Å². The van der Waals surface area contributed by atoms with E-state index in [0.29, 0.717) is 0 Å². The molecule has 22 heavy (non-hydrogen) atoms. The molecule has 114 valence electrons. The van der Waals surface area contributed by atoms with Crippen LogP contribution in [0.1, 0.15) is 23.7 Å². The highest BCUT2D eigenvalue weighted by atomic mass is 35.5. The van der Waals surface area contributed by atoms with Gasteiger partial charge in [-0.3, -0.25) is 9.58 Å². The van der Waals surface area contributed by atoms with Crippen molar-refractivity contribution in [3.05, 3.63) is 52.4 Å². The molecule has 1 aliphatic rings. The lowest BCUT2D eigenvalue weighted by Gasteiger charge is -2.26. The van der Waals surface area contributed by atoms with Crippen LogP contribution in [-0.4, -0.2) is 26.2 Å². The highest BCUT2D eigenvalue weighted by molar-refractivity contribution is 6.35. The van der Waals surface area contributed by atoms with Gasteiger partial charge in [-0.05, 0) is 18.6 Å². The average Bonchev–Trinajstić information content (AvgIpc) is 3.12. The number of aromatic nitrogens is 3. The van der Waals surface area contributed by atoms with Gasteiger partial charge in [0.1, 0.15) is 0 Å². The Morgan fingerprint density at radius 3 is 3.09 bits per heavy atom. The standard InChI is InChI=1S/C17H19ClN4/c1-2-22-10-12(8-19-22)9-21-7-6-16-14(11-21)13-4-3-5-15(18)17(13)20-16/h3-5,8,10,20H,2,6-7,9,11H2,1H3. The molecule has 0 atom stereocenters. The zero-order chi connectivity index (χ0) is 15.1. The number of rotatable bonds is 3. The molecule has 0 bridgehead atoms. The van der Waals surface area contributed by atoms with Crippen LogP contribution in [0.15, 0.2) is 30.6 Å². The van der Waals surface area contributed by atoms with Gasteiger partial charge in [-0.2, -0.15) is 5.10 Å². The molecule has 4 rings (SSSR count). The van der Waals surface area contributed by atoms with E-state index in [0.717, 1.165) is 43.1 Å². The Kier molecular flexibility index (Phi) is 3.43. The summed E-state index contributed by atoms with van der Waals surface area (Å²) in [5.74, 6) is 0. The number of halogens is 1. The summed E-state index contributed by atoms with van der Waals surface area (Å²) in [5.41, 5.74) is 5.09. The number of para-hydroxylation sites is 1. The normalized spacial score (nSPS) is 15.4. The molecule has 0 spiro atoms. The van der Waals surface area contributed by atoms with E-state index >= 15 is 0 Å². The maximum Gasteiger partial charge on any atom is 0.0648 e. The van der Waals surface area contributed by atoms with Gasteiger partial charge >= 0.3 is 0 Å². The predicted molar refractivity (Wildman–Crippen MR) is 89.0 cm³/mol.